The van der Waals surface area contributed by atoms with E-state index in [2.05, 4.69) is 5.10 Å². The third kappa shape index (κ3) is 3.37. The van der Waals surface area contributed by atoms with Gasteiger partial charge in [-0.15, -0.1) is 0 Å². The van der Waals surface area contributed by atoms with E-state index in [1.54, 1.807) is 30.3 Å². The van der Waals surface area contributed by atoms with Gasteiger partial charge in [-0.2, -0.15) is 23.5 Å². The first-order valence-corrected chi connectivity index (χ1v) is 7.64. The van der Waals surface area contributed by atoms with Crippen molar-refractivity contribution < 1.29 is 18.1 Å². The molecule has 3 aromatic rings. The molecular formula is C18H11F3N4O2. The van der Waals surface area contributed by atoms with Gasteiger partial charge in [-0.05, 0) is 19.1 Å². The maximum absolute atomic E-state index is 13.4. The number of hydrogen-bond donors (Lipinski definition) is 0. The summed E-state index contributed by atoms with van der Waals surface area (Å²) in [5, 5.41) is 23.8. The maximum atomic E-state index is 13.4. The average molecular weight is 372 g/mol. The summed E-state index contributed by atoms with van der Waals surface area (Å²) >= 11 is 0. The van der Waals surface area contributed by atoms with E-state index < -0.39 is 22.4 Å². The molecule has 0 saturated heterocycles. The smallest absolute Gasteiger partial charge is 0.258 e. The van der Waals surface area contributed by atoms with Crippen LogP contribution in [0.4, 0.5) is 18.9 Å². The minimum Gasteiger partial charge on any atom is -0.258 e. The van der Waals surface area contributed by atoms with Gasteiger partial charge in [0.1, 0.15) is 11.6 Å². The van der Waals surface area contributed by atoms with E-state index in [9.17, 15) is 28.5 Å². The number of nitriles is 1. The predicted molar refractivity (Wildman–Crippen MR) is 90.1 cm³/mol. The number of non-ortho nitro benzene ring substituents is 1. The fourth-order valence-corrected chi connectivity index (χ4v) is 2.60. The minimum atomic E-state index is -4.82. The number of nitro groups is 1. The summed E-state index contributed by atoms with van der Waals surface area (Å²) in [5.41, 5.74) is -0.710. The van der Waals surface area contributed by atoms with Gasteiger partial charge in [0.05, 0.1) is 16.3 Å². The molecule has 0 fully saturated rings. The molecule has 6 nitrogen and oxygen atoms in total. The quantitative estimate of drug-likeness (QED) is 0.495. The van der Waals surface area contributed by atoms with Crippen molar-refractivity contribution in [2.24, 2.45) is 0 Å². The lowest BCUT2D eigenvalue weighted by Crippen LogP contribution is -2.08. The lowest BCUT2D eigenvalue weighted by molar-refractivity contribution is -0.384. The molecule has 0 N–H and O–H groups in total. The van der Waals surface area contributed by atoms with Crippen LogP contribution in [0.15, 0.2) is 48.5 Å². The van der Waals surface area contributed by atoms with Crippen LogP contribution in [-0.2, 0) is 6.18 Å². The third-order valence-corrected chi connectivity index (χ3v) is 3.90. The Bertz CT molecular complexity index is 1050. The molecule has 0 amide bonds. The van der Waals surface area contributed by atoms with Crippen molar-refractivity contribution in [2.45, 2.75) is 13.1 Å². The van der Waals surface area contributed by atoms with Crippen LogP contribution in [0.25, 0.3) is 16.9 Å². The normalized spacial score (nSPS) is 11.2. The molecular weight excluding hydrogens is 361 g/mol. The fourth-order valence-electron chi connectivity index (χ4n) is 2.60. The summed E-state index contributed by atoms with van der Waals surface area (Å²) in [4.78, 5) is 10.2. The van der Waals surface area contributed by atoms with Crippen molar-refractivity contribution in [1.82, 2.24) is 9.78 Å². The summed E-state index contributed by atoms with van der Waals surface area (Å²) < 4.78 is 41.1. The maximum Gasteiger partial charge on any atom is 0.436 e. The SMILES string of the molecule is Cc1ccc(-c2c(C#N)c(C(F)(F)F)nn2-c2ccc([N+](=O)[O-])cc2)cc1. The van der Waals surface area contributed by atoms with Crippen LogP contribution in [0.1, 0.15) is 16.8 Å². The van der Waals surface area contributed by atoms with Crippen LogP contribution in [-0.4, -0.2) is 14.7 Å². The zero-order valence-electron chi connectivity index (χ0n) is 13.9. The van der Waals surface area contributed by atoms with Gasteiger partial charge in [-0.25, -0.2) is 4.68 Å². The van der Waals surface area contributed by atoms with Gasteiger partial charge in [0.2, 0.25) is 0 Å². The molecule has 0 aliphatic rings. The zero-order chi connectivity index (χ0) is 19.8. The third-order valence-electron chi connectivity index (χ3n) is 3.90. The van der Waals surface area contributed by atoms with Crippen molar-refractivity contribution in [1.29, 1.82) is 5.26 Å². The van der Waals surface area contributed by atoms with E-state index in [1.165, 1.54) is 12.1 Å². The molecule has 0 radical (unpaired) electrons. The second-order valence-corrected chi connectivity index (χ2v) is 5.73. The number of halogens is 3. The standard InChI is InChI=1S/C18H11F3N4O2/c1-11-2-4-12(5-3-11)16-15(10-22)17(18(19,20)21)23-24(16)13-6-8-14(9-7-13)25(26)27/h2-9H,1H3. The first kappa shape index (κ1) is 18.1. The number of alkyl halides is 3. The molecule has 0 unspecified atom stereocenters. The highest BCUT2D eigenvalue weighted by Crippen LogP contribution is 2.37. The Labute approximate surface area is 151 Å². The Hall–Kier alpha value is -3.67. The van der Waals surface area contributed by atoms with Crippen molar-refractivity contribution in [3.63, 3.8) is 0 Å². The summed E-state index contributed by atoms with van der Waals surface area (Å²) in [5.74, 6) is 0. The molecule has 1 heterocycles. The summed E-state index contributed by atoms with van der Waals surface area (Å²) in [7, 11) is 0. The molecule has 3 rings (SSSR count). The van der Waals surface area contributed by atoms with Crippen LogP contribution in [0.2, 0.25) is 0 Å². The second-order valence-electron chi connectivity index (χ2n) is 5.73. The number of aromatic nitrogens is 2. The van der Waals surface area contributed by atoms with E-state index in [4.69, 9.17) is 0 Å². The van der Waals surface area contributed by atoms with Crippen molar-refractivity contribution in [3.05, 3.63) is 75.5 Å². The largest absolute Gasteiger partial charge is 0.436 e. The van der Waals surface area contributed by atoms with Crippen LogP contribution in [0, 0.1) is 28.4 Å². The molecule has 9 heteroatoms. The van der Waals surface area contributed by atoms with Crippen LogP contribution in [0.5, 0.6) is 0 Å². The predicted octanol–water partition coefficient (Wildman–Crippen LogP) is 4.65. The number of rotatable bonds is 3. The number of nitrogens with zero attached hydrogens (tertiary/aromatic N) is 4. The lowest BCUT2D eigenvalue weighted by atomic mass is 10.0. The molecule has 0 atom stereocenters. The van der Waals surface area contributed by atoms with Gasteiger partial charge >= 0.3 is 6.18 Å². The first-order chi connectivity index (χ1) is 12.7. The molecule has 0 aliphatic heterocycles. The molecule has 0 saturated carbocycles. The van der Waals surface area contributed by atoms with Gasteiger partial charge in [-0.1, -0.05) is 29.8 Å². The van der Waals surface area contributed by atoms with Crippen LogP contribution >= 0.6 is 0 Å². The molecule has 1 aromatic heterocycles. The Morgan fingerprint density at radius 1 is 1.11 bits per heavy atom. The summed E-state index contributed by atoms with van der Waals surface area (Å²) in [6.45, 7) is 1.82. The van der Waals surface area contributed by atoms with Gasteiger partial charge in [0, 0.05) is 17.7 Å². The molecule has 136 valence electrons. The number of aryl methyl sites for hydroxylation is 1. The molecule has 2 aromatic carbocycles. The molecule has 0 spiro atoms. The van der Waals surface area contributed by atoms with Gasteiger partial charge < -0.3 is 0 Å². The highest BCUT2D eigenvalue weighted by Gasteiger charge is 2.40. The molecule has 0 aliphatic carbocycles. The van der Waals surface area contributed by atoms with E-state index >= 15 is 0 Å². The van der Waals surface area contributed by atoms with E-state index in [0.717, 1.165) is 22.4 Å². The van der Waals surface area contributed by atoms with Crippen molar-refractivity contribution >= 4 is 5.69 Å². The van der Waals surface area contributed by atoms with Crippen LogP contribution < -0.4 is 0 Å². The summed E-state index contributed by atoms with van der Waals surface area (Å²) in [6, 6.07) is 13.1. The second kappa shape index (κ2) is 6.57. The van der Waals surface area contributed by atoms with Gasteiger partial charge in [-0.3, -0.25) is 10.1 Å². The molecule has 0 bridgehead atoms. The lowest BCUT2D eigenvalue weighted by Gasteiger charge is -2.08. The fraction of sp³-hybridized carbons (Fsp3) is 0.111. The van der Waals surface area contributed by atoms with E-state index in [-0.39, 0.29) is 17.1 Å². The topological polar surface area (TPSA) is 84.8 Å². The van der Waals surface area contributed by atoms with Gasteiger partial charge in [0.15, 0.2) is 5.69 Å². The number of benzene rings is 2. The zero-order valence-corrected chi connectivity index (χ0v) is 13.9. The average Bonchev–Trinajstić information content (AvgIpc) is 3.02. The first-order valence-electron chi connectivity index (χ1n) is 7.64. The highest BCUT2D eigenvalue weighted by atomic mass is 19.4. The monoisotopic (exact) mass is 372 g/mol. The Kier molecular flexibility index (Phi) is 4.41. The van der Waals surface area contributed by atoms with Gasteiger partial charge in [0.25, 0.3) is 5.69 Å². The van der Waals surface area contributed by atoms with E-state index in [1.807, 2.05) is 6.92 Å². The van der Waals surface area contributed by atoms with Crippen LogP contribution in [0.3, 0.4) is 0 Å². The van der Waals surface area contributed by atoms with Crippen molar-refractivity contribution in [2.75, 3.05) is 0 Å². The highest BCUT2D eigenvalue weighted by molar-refractivity contribution is 5.71. The Morgan fingerprint density at radius 3 is 2.19 bits per heavy atom. The number of hydrogen-bond acceptors (Lipinski definition) is 4. The Balaban J connectivity index is 2.29. The number of nitro benzene ring substituents is 1. The van der Waals surface area contributed by atoms with E-state index in [0.29, 0.717) is 5.56 Å². The summed E-state index contributed by atoms with van der Waals surface area (Å²) in [6.07, 6.45) is -4.82. The van der Waals surface area contributed by atoms with Crippen molar-refractivity contribution in [3.8, 4) is 23.0 Å². The molecule has 27 heavy (non-hydrogen) atoms. The minimum absolute atomic E-state index is 0.0290. The Morgan fingerprint density at radius 2 is 1.70 bits per heavy atom.